The van der Waals surface area contributed by atoms with Gasteiger partial charge >= 0.3 is 12.3 Å². The number of pyridine rings is 1. The van der Waals surface area contributed by atoms with Gasteiger partial charge in [0.2, 0.25) is 5.88 Å². The number of rotatable bonds is 5. The van der Waals surface area contributed by atoms with Crippen molar-refractivity contribution in [2.75, 3.05) is 14.2 Å². The number of hydrogen-bond acceptors (Lipinski definition) is 5. The van der Waals surface area contributed by atoms with E-state index < -0.39 is 42.2 Å². The molecule has 0 atom stereocenters. The molecular weight excluding hydrogens is 305 g/mol. The van der Waals surface area contributed by atoms with Crippen molar-refractivity contribution in [3.8, 4) is 11.6 Å². The molecule has 10 heteroatoms. The van der Waals surface area contributed by atoms with Crippen LogP contribution in [-0.4, -0.2) is 31.5 Å². The number of aromatic nitrogens is 1. The van der Waals surface area contributed by atoms with Crippen molar-refractivity contribution in [1.82, 2.24) is 4.98 Å². The van der Waals surface area contributed by atoms with Crippen LogP contribution in [0, 0.1) is 0 Å². The molecule has 0 aliphatic heterocycles. The van der Waals surface area contributed by atoms with Gasteiger partial charge in [-0.3, -0.25) is 4.79 Å². The third kappa shape index (κ3) is 4.43. The van der Waals surface area contributed by atoms with E-state index in [1.54, 1.807) is 0 Å². The maximum atomic E-state index is 13.0. The van der Waals surface area contributed by atoms with Crippen LogP contribution in [0.25, 0.3) is 0 Å². The van der Waals surface area contributed by atoms with E-state index in [0.717, 1.165) is 20.4 Å². The predicted octanol–water partition coefficient (Wildman–Crippen LogP) is 2.64. The van der Waals surface area contributed by atoms with Gasteiger partial charge in [-0.25, -0.2) is 13.8 Å². The molecule has 0 saturated heterocycles. The van der Waals surface area contributed by atoms with Gasteiger partial charge in [-0.1, -0.05) is 0 Å². The molecule has 21 heavy (non-hydrogen) atoms. The van der Waals surface area contributed by atoms with Gasteiger partial charge in [-0.05, 0) is 0 Å². The molecule has 0 fully saturated rings. The molecule has 5 nitrogen and oxygen atoms in total. The minimum absolute atomic E-state index is 0.273. The van der Waals surface area contributed by atoms with Crippen molar-refractivity contribution >= 4 is 5.97 Å². The second-order valence-electron chi connectivity index (χ2n) is 3.63. The molecule has 0 saturated carbocycles. The molecule has 0 aromatic carbocycles. The Bertz CT molecular complexity index is 518. The van der Waals surface area contributed by atoms with Crippen LogP contribution < -0.4 is 9.47 Å². The summed E-state index contributed by atoms with van der Waals surface area (Å²) < 4.78 is 75.2. The highest BCUT2D eigenvalue weighted by atomic mass is 19.4. The molecule has 1 aromatic heterocycles. The lowest BCUT2D eigenvalue weighted by Gasteiger charge is -2.17. The molecule has 118 valence electrons. The normalized spacial score (nSPS) is 11.4. The minimum Gasteiger partial charge on any atom is -0.495 e. The third-order valence-electron chi connectivity index (χ3n) is 2.35. The monoisotopic (exact) mass is 315 g/mol. The Balaban J connectivity index is 3.41. The SMILES string of the molecule is COC(=O)Cc1c(OC)cnc(OC(F)(F)F)c1C(F)F. The molecule has 1 heterocycles. The lowest BCUT2D eigenvalue weighted by molar-refractivity contribution is -0.276. The molecule has 0 N–H and O–H groups in total. The lowest BCUT2D eigenvalue weighted by atomic mass is 10.1. The standard InChI is InChI=1S/C11H10F5NO4/c1-19-6-4-17-10(21-11(14,15)16)8(9(12)13)5(6)3-7(18)20-2/h4,9H,3H2,1-2H3. The van der Waals surface area contributed by atoms with Crippen LogP contribution in [0.2, 0.25) is 0 Å². The summed E-state index contributed by atoms with van der Waals surface area (Å²) in [5.41, 5.74) is -1.65. The molecule has 0 amide bonds. The van der Waals surface area contributed by atoms with Gasteiger partial charge in [-0.2, -0.15) is 0 Å². The summed E-state index contributed by atoms with van der Waals surface area (Å²) in [6.45, 7) is 0. The number of ether oxygens (including phenoxy) is 3. The molecule has 1 aromatic rings. The van der Waals surface area contributed by atoms with Gasteiger partial charge in [-0.15, -0.1) is 13.2 Å². The van der Waals surface area contributed by atoms with Crippen LogP contribution >= 0.6 is 0 Å². The molecule has 0 unspecified atom stereocenters. The molecule has 0 spiro atoms. The van der Waals surface area contributed by atoms with Crippen LogP contribution in [0.4, 0.5) is 22.0 Å². The highest BCUT2D eigenvalue weighted by molar-refractivity contribution is 5.74. The largest absolute Gasteiger partial charge is 0.574 e. The number of carbonyl (C=O) groups excluding carboxylic acids is 1. The Kier molecular flexibility index (Phi) is 5.28. The quantitative estimate of drug-likeness (QED) is 0.617. The summed E-state index contributed by atoms with van der Waals surface area (Å²) in [7, 11) is 2.10. The molecule has 0 aliphatic rings. The van der Waals surface area contributed by atoms with E-state index in [0.29, 0.717) is 0 Å². The average Bonchev–Trinajstić information content (AvgIpc) is 2.36. The van der Waals surface area contributed by atoms with Gasteiger partial charge in [0.15, 0.2) is 0 Å². The first-order valence-corrected chi connectivity index (χ1v) is 5.36. The van der Waals surface area contributed by atoms with E-state index in [1.807, 2.05) is 0 Å². The van der Waals surface area contributed by atoms with Gasteiger partial charge in [0.25, 0.3) is 6.43 Å². The number of esters is 1. The Hall–Kier alpha value is -2.13. The summed E-state index contributed by atoms with van der Waals surface area (Å²) >= 11 is 0. The van der Waals surface area contributed by atoms with Crippen LogP contribution in [0.1, 0.15) is 17.6 Å². The Morgan fingerprint density at radius 1 is 1.33 bits per heavy atom. The second kappa shape index (κ2) is 6.55. The van der Waals surface area contributed by atoms with Crippen LogP contribution in [0.3, 0.4) is 0 Å². The molecule has 0 aliphatic carbocycles. The molecule has 0 radical (unpaired) electrons. The fourth-order valence-corrected chi connectivity index (χ4v) is 1.52. The second-order valence-corrected chi connectivity index (χ2v) is 3.63. The van der Waals surface area contributed by atoms with Crippen LogP contribution in [0.5, 0.6) is 11.6 Å². The summed E-state index contributed by atoms with van der Waals surface area (Å²) in [6.07, 6.45) is -8.51. The van der Waals surface area contributed by atoms with Crippen LogP contribution in [-0.2, 0) is 16.0 Å². The number of hydrogen-bond donors (Lipinski definition) is 0. The number of alkyl halides is 5. The average molecular weight is 315 g/mol. The van der Waals surface area contributed by atoms with E-state index in [-0.39, 0.29) is 5.75 Å². The third-order valence-corrected chi connectivity index (χ3v) is 2.35. The summed E-state index contributed by atoms with van der Waals surface area (Å²) in [5.74, 6) is -2.54. The fraction of sp³-hybridized carbons (Fsp3) is 0.455. The van der Waals surface area contributed by atoms with E-state index in [4.69, 9.17) is 4.74 Å². The highest BCUT2D eigenvalue weighted by Crippen LogP contribution is 2.38. The Morgan fingerprint density at radius 2 is 1.95 bits per heavy atom. The predicted molar refractivity (Wildman–Crippen MR) is 58.1 cm³/mol. The zero-order chi connectivity index (χ0) is 16.2. The van der Waals surface area contributed by atoms with Gasteiger partial charge in [0.05, 0.1) is 32.4 Å². The van der Waals surface area contributed by atoms with E-state index in [1.165, 1.54) is 0 Å². The Morgan fingerprint density at radius 3 is 2.38 bits per heavy atom. The first kappa shape index (κ1) is 16.9. The summed E-state index contributed by atoms with van der Waals surface area (Å²) in [5, 5.41) is 0. The van der Waals surface area contributed by atoms with Gasteiger partial charge in [0, 0.05) is 5.56 Å². The highest BCUT2D eigenvalue weighted by Gasteiger charge is 2.36. The zero-order valence-corrected chi connectivity index (χ0v) is 10.8. The maximum Gasteiger partial charge on any atom is 0.574 e. The maximum absolute atomic E-state index is 13.0. The van der Waals surface area contributed by atoms with E-state index in [9.17, 15) is 26.7 Å². The summed E-state index contributed by atoms with van der Waals surface area (Å²) in [6, 6.07) is 0. The van der Waals surface area contributed by atoms with Gasteiger partial charge < -0.3 is 14.2 Å². The number of halogens is 5. The smallest absolute Gasteiger partial charge is 0.495 e. The fourth-order valence-electron chi connectivity index (χ4n) is 1.52. The number of carbonyl (C=O) groups is 1. The van der Waals surface area contributed by atoms with Crippen molar-refractivity contribution in [3.05, 3.63) is 17.3 Å². The minimum atomic E-state index is -5.20. The van der Waals surface area contributed by atoms with Gasteiger partial charge in [0.1, 0.15) is 5.75 Å². The number of methoxy groups -OCH3 is 2. The topological polar surface area (TPSA) is 57.7 Å². The zero-order valence-electron chi connectivity index (χ0n) is 10.8. The summed E-state index contributed by atoms with van der Waals surface area (Å²) in [4.78, 5) is 14.4. The van der Waals surface area contributed by atoms with Crippen LogP contribution in [0.15, 0.2) is 6.20 Å². The first-order chi connectivity index (χ1) is 9.69. The van der Waals surface area contributed by atoms with Crippen molar-refractivity contribution < 1.29 is 41.0 Å². The lowest BCUT2D eigenvalue weighted by Crippen LogP contribution is -2.20. The molecule has 0 bridgehead atoms. The molecule has 1 rings (SSSR count). The number of nitrogens with zero attached hydrogens (tertiary/aromatic N) is 1. The van der Waals surface area contributed by atoms with Crippen molar-refractivity contribution in [2.45, 2.75) is 19.2 Å². The molecular formula is C11H10F5NO4. The van der Waals surface area contributed by atoms with Crippen molar-refractivity contribution in [2.24, 2.45) is 0 Å². The first-order valence-electron chi connectivity index (χ1n) is 5.36. The Labute approximate surface area is 115 Å². The van der Waals surface area contributed by atoms with E-state index >= 15 is 0 Å². The van der Waals surface area contributed by atoms with Crippen molar-refractivity contribution in [3.63, 3.8) is 0 Å². The van der Waals surface area contributed by atoms with E-state index in [2.05, 4.69) is 14.5 Å². The van der Waals surface area contributed by atoms with Crippen molar-refractivity contribution in [1.29, 1.82) is 0 Å².